The Morgan fingerprint density at radius 1 is 1.46 bits per heavy atom. The lowest BCUT2D eigenvalue weighted by Crippen LogP contribution is -2.12. The molecule has 13 heavy (non-hydrogen) atoms. The van der Waals surface area contributed by atoms with Gasteiger partial charge in [-0.2, -0.15) is 0 Å². The Labute approximate surface area is 83.2 Å². The van der Waals surface area contributed by atoms with E-state index in [1.54, 1.807) is 18.8 Å². The van der Waals surface area contributed by atoms with Gasteiger partial charge in [0.25, 0.3) is 0 Å². The topological polar surface area (TPSA) is 38.4 Å². The van der Waals surface area contributed by atoms with Crippen molar-refractivity contribution in [3.05, 3.63) is 29.3 Å². The fourth-order valence-corrected chi connectivity index (χ4v) is 1.75. The average Bonchev–Trinajstić information content (AvgIpc) is 2.16. The summed E-state index contributed by atoms with van der Waals surface area (Å²) >= 11 is 1.74. The second kappa shape index (κ2) is 4.33. The Balaban J connectivity index is 3.10. The van der Waals surface area contributed by atoms with E-state index in [0.717, 1.165) is 5.56 Å². The summed E-state index contributed by atoms with van der Waals surface area (Å²) in [6, 6.07) is 6.14. The van der Waals surface area contributed by atoms with Crippen LogP contribution >= 0.6 is 11.8 Å². The van der Waals surface area contributed by atoms with Crippen molar-refractivity contribution in [2.75, 3.05) is 13.3 Å². The summed E-state index contributed by atoms with van der Waals surface area (Å²) in [5, 5.41) is 0. The fourth-order valence-electron chi connectivity index (χ4n) is 1.17. The van der Waals surface area contributed by atoms with Crippen molar-refractivity contribution in [3.8, 4) is 0 Å². The number of aliphatic imine (C=N–C) groups is 1. The Morgan fingerprint density at radius 2 is 2.15 bits per heavy atom. The summed E-state index contributed by atoms with van der Waals surface area (Å²) in [7, 11) is 1.70. The third kappa shape index (κ3) is 2.25. The summed E-state index contributed by atoms with van der Waals surface area (Å²) in [5.74, 6) is 0.593. The van der Waals surface area contributed by atoms with Crippen LogP contribution in [0.1, 0.15) is 11.1 Å². The van der Waals surface area contributed by atoms with Gasteiger partial charge in [0.1, 0.15) is 5.84 Å². The van der Waals surface area contributed by atoms with Crippen LogP contribution in [0.25, 0.3) is 0 Å². The fraction of sp³-hybridized carbons (Fsp3) is 0.300. The van der Waals surface area contributed by atoms with Crippen LogP contribution < -0.4 is 5.73 Å². The first-order chi connectivity index (χ1) is 6.19. The molecule has 1 rings (SSSR count). The summed E-state index contributed by atoms with van der Waals surface area (Å²) in [6.45, 7) is 2.08. The lowest BCUT2D eigenvalue weighted by Gasteiger charge is -2.05. The van der Waals surface area contributed by atoms with Gasteiger partial charge in [-0.25, -0.2) is 0 Å². The second-order valence-electron chi connectivity index (χ2n) is 2.79. The van der Waals surface area contributed by atoms with Crippen LogP contribution in [-0.2, 0) is 0 Å². The molecule has 0 aliphatic rings. The van der Waals surface area contributed by atoms with E-state index < -0.39 is 0 Å². The molecular formula is C10H14N2S. The van der Waals surface area contributed by atoms with Crippen LogP contribution in [-0.4, -0.2) is 19.1 Å². The van der Waals surface area contributed by atoms with Crippen LogP contribution in [0.4, 0.5) is 0 Å². The molecule has 2 N–H and O–H groups in total. The van der Waals surface area contributed by atoms with Crippen molar-refractivity contribution >= 4 is 17.6 Å². The van der Waals surface area contributed by atoms with E-state index in [9.17, 15) is 0 Å². The van der Waals surface area contributed by atoms with Crippen molar-refractivity contribution in [2.24, 2.45) is 10.7 Å². The molecule has 0 bridgehead atoms. The maximum Gasteiger partial charge on any atom is 0.125 e. The third-order valence-electron chi connectivity index (χ3n) is 1.93. The molecule has 70 valence electrons. The molecule has 0 spiro atoms. The number of hydrogen-bond donors (Lipinski definition) is 1. The van der Waals surface area contributed by atoms with E-state index in [0.29, 0.717) is 5.84 Å². The Kier molecular flexibility index (Phi) is 3.37. The summed E-state index contributed by atoms with van der Waals surface area (Å²) in [6.07, 6.45) is 2.07. The minimum Gasteiger partial charge on any atom is -0.384 e. The number of benzene rings is 1. The maximum atomic E-state index is 5.70. The van der Waals surface area contributed by atoms with Gasteiger partial charge in [-0.1, -0.05) is 6.07 Å². The Hall–Kier alpha value is -0.960. The van der Waals surface area contributed by atoms with Crippen molar-refractivity contribution in [2.45, 2.75) is 11.8 Å². The molecule has 0 aliphatic heterocycles. The van der Waals surface area contributed by atoms with Crippen molar-refractivity contribution < 1.29 is 0 Å². The monoisotopic (exact) mass is 194 g/mol. The number of nitrogens with zero attached hydrogens (tertiary/aromatic N) is 1. The first kappa shape index (κ1) is 10.1. The number of aryl methyl sites for hydroxylation is 1. The third-order valence-corrected chi connectivity index (χ3v) is 2.83. The SMILES string of the molecule is CN=C(N)c1ccc(SC)c(C)c1. The molecule has 2 nitrogen and oxygen atoms in total. The largest absolute Gasteiger partial charge is 0.384 e. The van der Waals surface area contributed by atoms with Gasteiger partial charge >= 0.3 is 0 Å². The van der Waals surface area contributed by atoms with Crippen LogP contribution in [0.2, 0.25) is 0 Å². The molecule has 0 unspecified atom stereocenters. The zero-order valence-corrected chi connectivity index (χ0v) is 8.98. The van der Waals surface area contributed by atoms with Crippen molar-refractivity contribution in [3.63, 3.8) is 0 Å². The average molecular weight is 194 g/mol. The molecule has 3 heteroatoms. The van der Waals surface area contributed by atoms with Gasteiger partial charge in [0, 0.05) is 17.5 Å². The minimum absolute atomic E-state index is 0.593. The molecule has 0 aromatic heterocycles. The van der Waals surface area contributed by atoms with E-state index in [1.807, 2.05) is 6.07 Å². The summed E-state index contributed by atoms with van der Waals surface area (Å²) < 4.78 is 0. The number of thioether (sulfide) groups is 1. The van der Waals surface area contributed by atoms with Crippen LogP contribution in [0.5, 0.6) is 0 Å². The van der Waals surface area contributed by atoms with Crippen LogP contribution in [0.15, 0.2) is 28.1 Å². The van der Waals surface area contributed by atoms with Gasteiger partial charge in [-0.15, -0.1) is 11.8 Å². The number of amidine groups is 1. The molecule has 0 heterocycles. The summed E-state index contributed by atoms with van der Waals surface area (Å²) in [4.78, 5) is 5.23. The van der Waals surface area contributed by atoms with Crippen molar-refractivity contribution in [1.82, 2.24) is 0 Å². The molecule has 0 saturated heterocycles. The minimum atomic E-state index is 0.593. The van der Waals surface area contributed by atoms with Gasteiger partial charge in [0.15, 0.2) is 0 Å². The Bertz CT molecular complexity index is 332. The van der Waals surface area contributed by atoms with E-state index in [1.165, 1.54) is 10.5 Å². The van der Waals surface area contributed by atoms with Crippen molar-refractivity contribution in [1.29, 1.82) is 0 Å². The standard InChI is InChI=1S/C10H14N2S/c1-7-6-8(10(11)12-2)4-5-9(7)13-3/h4-6H,1-3H3,(H2,11,12). The lowest BCUT2D eigenvalue weighted by molar-refractivity contribution is 1.28. The highest BCUT2D eigenvalue weighted by atomic mass is 32.2. The molecule has 0 atom stereocenters. The molecular weight excluding hydrogens is 180 g/mol. The van der Waals surface area contributed by atoms with Gasteiger partial charge in [0.2, 0.25) is 0 Å². The van der Waals surface area contributed by atoms with Gasteiger partial charge < -0.3 is 5.73 Å². The highest BCUT2D eigenvalue weighted by molar-refractivity contribution is 7.98. The molecule has 0 aliphatic carbocycles. The first-order valence-electron chi connectivity index (χ1n) is 4.06. The van der Waals surface area contributed by atoms with Gasteiger partial charge in [-0.3, -0.25) is 4.99 Å². The number of hydrogen-bond acceptors (Lipinski definition) is 2. The molecule has 0 fully saturated rings. The Morgan fingerprint density at radius 3 is 2.62 bits per heavy atom. The molecule has 1 aromatic rings. The quantitative estimate of drug-likeness (QED) is 0.444. The molecule has 0 saturated carbocycles. The smallest absolute Gasteiger partial charge is 0.125 e. The highest BCUT2D eigenvalue weighted by Crippen LogP contribution is 2.20. The zero-order valence-electron chi connectivity index (χ0n) is 8.16. The lowest BCUT2D eigenvalue weighted by atomic mass is 10.1. The van der Waals surface area contributed by atoms with E-state index in [4.69, 9.17) is 5.73 Å². The van der Waals surface area contributed by atoms with Crippen LogP contribution in [0, 0.1) is 6.92 Å². The van der Waals surface area contributed by atoms with Crippen LogP contribution in [0.3, 0.4) is 0 Å². The van der Waals surface area contributed by atoms with E-state index in [-0.39, 0.29) is 0 Å². The summed E-state index contributed by atoms with van der Waals surface area (Å²) in [5.41, 5.74) is 7.94. The number of nitrogens with two attached hydrogens (primary N) is 1. The predicted molar refractivity (Wildman–Crippen MR) is 59.6 cm³/mol. The molecule has 0 radical (unpaired) electrons. The normalized spacial score (nSPS) is 11.8. The highest BCUT2D eigenvalue weighted by Gasteiger charge is 2.00. The first-order valence-corrected chi connectivity index (χ1v) is 5.28. The van der Waals surface area contributed by atoms with Gasteiger partial charge in [0.05, 0.1) is 0 Å². The second-order valence-corrected chi connectivity index (χ2v) is 3.64. The van der Waals surface area contributed by atoms with Gasteiger partial charge in [-0.05, 0) is 30.9 Å². The zero-order chi connectivity index (χ0) is 9.84. The number of rotatable bonds is 2. The van der Waals surface area contributed by atoms with E-state index in [2.05, 4.69) is 30.3 Å². The van der Waals surface area contributed by atoms with E-state index >= 15 is 0 Å². The maximum absolute atomic E-state index is 5.70. The predicted octanol–water partition coefficient (Wildman–Crippen LogP) is 2.05. The molecule has 1 aromatic carbocycles. The molecule has 0 amide bonds.